The summed E-state index contributed by atoms with van der Waals surface area (Å²) < 4.78 is 5.46. The molecule has 0 aliphatic heterocycles. The second kappa shape index (κ2) is 8.30. The fraction of sp³-hybridized carbons (Fsp3) is 0.304. The predicted octanol–water partition coefficient (Wildman–Crippen LogP) is 4.69. The van der Waals surface area contributed by atoms with Crippen molar-refractivity contribution in [3.63, 3.8) is 0 Å². The van der Waals surface area contributed by atoms with Gasteiger partial charge in [0.1, 0.15) is 5.75 Å². The molecule has 146 valence electrons. The standard InChI is InChI=1S/C23H25NO4/c1-4-5-6-15-7-9-16(10-8-15)23(27)22-19(28-3)12-11-18-21(22)17(13-20(25)26)14(2)24-18/h7-12,24H,4-6,13H2,1-3H3,(H,25,26). The van der Waals surface area contributed by atoms with Crippen molar-refractivity contribution in [1.82, 2.24) is 4.98 Å². The van der Waals surface area contributed by atoms with E-state index in [0.29, 0.717) is 27.8 Å². The summed E-state index contributed by atoms with van der Waals surface area (Å²) in [7, 11) is 1.52. The van der Waals surface area contributed by atoms with Crippen LogP contribution in [0.25, 0.3) is 10.9 Å². The Labute approximate surface area is 164 Å². The predicted molar refractivity (Wildman–Crippen MR) is 109 cm³/mol. The van der Waals surface area contributed by atoms with Crippen LogP contribution in [0.15, 0.2) is 36.4 Å². The van der Waals surface area contributed by atoms with Crippen LogP contribution in [-0.2, 0) is 17.6 Å². The van der Waals surface area contributed by atoms with Crippen LogP contribution in [0.1, 0.15) is 52.5 Å². The van der Waals surface area contributed by atoms with Gasteiger partial charge in [-0.05, 0) is 43.0 Å². The zero-order chi connectivity index (χ0) is 20.3. The van der Waals surface area contributed by atoms with Gasteiger partial charge in [0, 0.05) is 22.2 Å². The summed E-state index contributed by atoms with van der Waals surface area (Å²) in [4.78, 5) is 27.9. The number of aromatic nitrogens is 1. The Kier molecular flexibility index (Phi) is 5.83. The average molecular weight is 379 g/mol. The van der Waals surface area contributed by atoms with E-state index in [0.717, 1.165) is 30.5 Å². The lowest BCUT2D eigenvalue weighted by Crippen LogP contribution is -2.07. The molecule has 0 saturated carbocycles. The second-order valence-corrected chi connectivity index (χ2v) is 6.99. The third kappa shape index (κ3) is 3.79. The van der Waals surface area contributed by atoms with E-state index in [-0.39, 0.29) is 12.2 Å². The van der Waals surface area contributed by atoms with E-state index in [2.05, 4.69) is 11.9 Å². The van der Waals surface area contributed by atoms with Gasteiger partial charge in [-0.15, -0.1) is 0 Å². The largest absolute Gasteiger partial charge is 0.496 e. The second-order valence-electron chi connectivity index (χ2n) is 6.99. The number of fused-ring (bicyclic) bond motifs is 1. The molecule has 0 bridgehead atoms. The van der Waals surface area contributed by atoms with Crippen LogP contribution in [0.5, 0.6) is 5.75 Å². The van der Waals surface area contributed by atoms with E-state index < -0.39 is 5.97 Å². The number of aryl methyl sites for hydroxylation is 2. The molecule has 1 heterocycles. The van der Waals surface area contributed by atoms with E-state index in [1.165, 1.54) is 12.7 Å². The molecule has 0 fully saturated rings. The molecule has 0 radical (unpaired) electrons. The smallest absolute Gasteiger partial charge is 0.307 e. The molecule has 0 aliphatic carbocycles. The lowest BCUT2D eigenvalue weighted by molar-refractivity contribution is -0.136. The summed E-state index contributed by atoms with van der Waals surface area (Å²) in [5, 5.41) is 9.94. The lowest BCUT2D eigenvalue weighted by atomic mass is 9.94. The molecule has 5 heteroatoms. The molecule has 1 aromatic heterocycles. The summed E-state index contributed by atoms with van der Waals surface area (Å²) in [6.07, 6.45) is 3.07. The van der Waals surface area contributed by atoms with Gasteiger partial charge in [0.2, 0.25) is 0 Å². The maximum absolute atomic E-state index is 13.4. The number of H-pyrrole nitrogens is 1. The van der Waals surface area contributed by atoms with Gasteiger partial charge in [0.15, 0.2) is 5.78 Å². The van der Waals surface area contributed by atoms with Crippen LogP contribution < -0.4 is 4.74 Å². The third-order valence-electron chi connectivity index (χ3n) is 5.05. The third-order valence-corrected chi connectivity index (χ3v) is 5.05. The van der Waals surface area contributed by atoms with Crippen LogP contribution >= 0.6 is 0 Å². The SMILES string of the molecule is CCCCc1ccc(C(=O)c2c(OC)ccc3[nH]c(C)c(CC(=O)O)c23)cc1. The van der Waals surface area contributed by atoms with Gasteiger partial charge in [-0.3, -0.25) is 9.59 Å². The van der Waals surface area contributed by atoms with Crippen molar-refractivity contribution in [1.29, 1.82) is 0 Å². The number of carboxylic acids is 1. The lowest BCUT2D eigenvalue weighted by Gasteiger charge is -2.11. The van der Waals surface area contributed by atoms with Crippen molar-refractivity contribution in [2.24, 2.45) is 0 Å². The summed E-state index contributed by atoms with van der Waals surface area (Å²) in [6, 6.07) is 11.2. The molecule has 0 atom stereocenters. The molecular formula is C23H25NO4. The summed E-state index contributed by atoms with van der Waals surface area (Å²) in [5.41, 5.74) is 4.26. The Morgan fingerprint density at radius 1 is 1.11 bits per heavy atom. The number of carboxylic acid groups (broad SMARTS) is 1. The van der Waals surface area contributed by atoms with E-state index >= 15 is 0 Å². The van der Waals surface area contributed by atoms with Crippen molar-refractivity contribution in [3.8, 4) is 5.75 Å². The van der Waals surface area contributed by atoms with Gasteiger partial charge in [-0.2, -0.15) is 0 Å². The molecule has 0 saturated heterocycles. The topological polar surface area (TPSA) is 79.4 Å². The number of ketones is 1. The number of ether oxygens (including phenoxy) is 1. The van der Waals surface area contributed by atoms with Gasteiger partial charge in [-0.25, -0.2) is 0 Å². The van der Waals surface area contributed by atoms with Crippen molar-refractivity contribution in [2.45, 2.75) is 39.5 Å². The molecule has 0 unspecified atom stereocenters. The quantitative estimate of drug-likeness (QED) is 0.557. The Balaban J connectivity index is 2.12. The number of unbranched alkanes of at least 4 members (excludes halogenated alkanes) is 1. The first-order valence-corrected chi connectivity index (χ1v) is 9.49. The fourth-order valence-electron chi connectivity index (χ4n) is 3.58. The number of aromatic amines is 1. The number of carbonyl (C=O) groups excluding carboxylic acids is 1. The Morgan fingerprint density at radius 3 is 2.43 bits per heavy atom. The van der Waals surface area contributed by atoms with Gasteiger partial charge >= 0.3 is 5.97 Å². The Bertz CT molecular complexity index is 1020. The number of benzene rings is 2. The normalized spacial score (nSPS) is 11.0. The number of rotatable bonds is 8. The zero-order valence-corrected chi connectivity index (χ0v) is 16.5. The van der Waals surface area contributed by atoms with E-state index in [4.69, 9.17) is 4.74 Å². The number of hydrogen-bond donors (Lipinski definition) is 2. The summed E-state index contributed by atoms with van der Waals surface area (Å²) >= 11 is 0. The van der Waals surface area contributed by atoms with Crippen LogP contribution in [-0.4, -0.2) is 29.0 Å². The van der Waals surface area contributed by atoms with Crippen molar-refractivity contribution >= 4 is 22.7 Å². The monoisotopic (exact) mass is 379 g/mol. The van der Waals surface area contributed by atoms with Crippen molar-refractivity contribution in [2.75, 3.05) is 7.11 Å². The molecule has 28 heavy (non-hydrogen) atoms. The number of aliphatic carboxylic acids is 1. The number of carbonyl (C=O) groups is 2. The maximum atomic E-state index is 13.4. The highest BCUT2D eigenvalue weighted by Crippen LogP contribution is 2.34. The number of nitrogens with one attached hydrogen (secondary N) is 1. The number of hydrogen-bond acceptors (Lipinski definition) is 3. The van der Waals surface area contributed by atoms with Gasteiger partial charge in [0.25, 0.3) is 0 Å². The highest BCUT2D eigenvalue weighted by atomic mass is 16.5. The Hall–Kier alpha value is -3.08. The molecule has 2 N–H and O–H groups in total. The minimum Gasteiger partial charge on any atom is -0.496 e. The van der Waals surface area contributed by atoms with Gasteiger partial charge < -0.3 is 14.8 Å². The molecule has 3 rings (SSSR count). The van der Waals surface area contributed by atoms with Crippen LogP contribution in [0.2, 0.25) is 0 Å². The van der Waals surface area contributed by atoms with Gasteiger partial charge in [-0.1, -0.05) is 37.6 Å². The first kappa shape index (κ1) is 19.7. The van der Waals surface area contributed by atoms with Gasteiger partial charge in [0.05, 0.1) is 19.1 Å². The Morgan fingerprint density at radius 2 is 1.82 bits per heavy atom. The van der Waals surface area contributed by atoms with Crippen LogP contribution in [0, 0.1) is 6.92 Å². The highest BCUT2D eigenvalue weighted by molar-refractivity contribution is 6.19. The molecule has 3 aromatic rings. The fourth-order valence-corrected chi connectivity index (χ4v) is 3.58. The van der Waals surface area contributed by atoms with E-state index in [1.807, 2.05) is 37.3 Å². The maximum Gasteiger partial charge on any atom is 0.307 e. The van der Waals surface area contributed by atoms with Crippen molar-refractivity contribution in [3.05, 3.63) is 64.3 Å². The first-order chi connectivity index (χ1) is 13.5. The molecular weight excluding hydrogens is 354 g/mol. The minimum absolute atomic E-state index is 0.158. The van der Waals surface area contributed by atoms with E-state index in [9.17, 15) is 14.7 Å². The first-order valence-electron chi connectivity index (χ1n) is 9.49. The highest BCUT2D eigenvalue weighted by Gasteiger charge is 2.23. The van der Waals surface area contributed by atoms with E-state index in [1.54, 1.807) is 6.07 Å². The zero-order valence-electron chi connectivity index (χ0n) is 16.5. The minimum atomic E-state index is -0.939. The molecule has 5 nitrogen and oxygen atoms in total. The number of methoxy groups -OCH3 is 1. The molecule has 0 amide bonds. The summed E-state index contributed by atoms with van der Waals surface area (Å²) in [5.74, 6) is -0.668. The molecule has 2 aromatic carbocycles. The summed E-state index contributed by atoms with van der Waals surface area (Å²) in [6.45, 7) is 3.97. The molecule has 0 spiro atoms. The van der Waals surface area contributed by atoms with Crippen molar-refractivity contribution < 1.29 is 19.4 Å². The molecule has 0 aliphatic rings. The van der Waals surface area contributed by atoms with Crippen LogP contribution in [0.4, 0.5) is 0 Å². The average Bonchev–Trinajstić information content (AvgIpc) is 3.00. The van der Waals surface area contributed by atoms with Crippen LogP contribution in [0.3, 0.4) is 0 Å².